The average molecular weight is 276 g/mol. The third-order valence-corrected chi connectivity index (χ3v) is 4.91. The smallest absolute Gasteiger partial charge is 0.0859 e. The highest BCUT2D eigenvalue weighted by atomic mass is 32.2. The van der Waals surface area contributed by atoms with Crippen molar-refractivity contribution in [2.75, 3.05) is 24.7 Å². The van der Waals surface area contributed by atoms with E-state index < -0.39 is 0 Å². The van der Waals surface area contributed by atoms with Gasteiger partial charge in [-0.25, -0.2) is 0 Å². The maximum atomic E-state index is 6.05. The quantitative estimate of drug-likeness (QED) is 0.634. The fourth-order valence-electron chi connectivity index (χ4n) is 1.69. The highest BCUT2D eigenvalue weighted by Crippen LogP contribution is 2.38. The van der Waals surface area contributed by atoms with Crippen LogP contribution in [0.5, 0.6) is 0 Å². The summed E-state index contributed by atoms with van der Waals surface area (Å²) in [6.45, 7) is 10.2. The summed E-state index contributed by atoms with van der Waals surface area (Å²) in [5.41, 5.74) is -0.166. The Morgan fingerprint density at radius 3 is 2.06 bits per heavy atom. The van der Waals surface area contributed by atoms with Gasteiger partial charge in [-0.1, -0.05) is 0 Å². The molecule has 0 aromatic carbocycles. The van der Waals surface area contributed by atoms with Crippen LogP contribution in [-0.4, -0.2) is 46.4 Å². The van der Waals surface area contributed by atoms with Crippen LogP contribution in [-0.2, 0) is 9.47 Å². The zero-order chi connectivity index (χ0) is 12.5. The molecule has 2 aliphatic heterocycles. The van der Waals surface area contributed by atoms with Gasteiger partial charge in [-0.05, 0) is 34.1 Å². The highest BCUT2D eigenvalue weighted by molar-refractivity contribution is 8.07. The standard InChI is InChI=1S/C13H24O2S2/c1-12(2,5-10-7-16-10)15-9-13(3,4)14-6-11-8-17-11/h10-11H,5-9H2,1-4H3. The van der Waals surface area contributed by atoms with Gasteiger partial charge in [0.1, 0.15) is 0 Å². The largest absolute Gasteiger partial charge is 0.373 e. The second-order valence-electron chi connectivity index (χ2n) is 6.23. The zero-order valence-electron chi connectivity index (χ0n) is 11.3. The summed E-state index contributed by atoms with van der Waals surface area (Å²) in [5, 5.41) is 1.57. The van der Waals surface area contributed by atoms with Crippen molar-refractivity contribution < 1.29 is 9.47 Å². The van der Waals surface area contributed by atoms with Crippen LogP contribution in [0.3, 0.4) is 0 Å². The first-order valence-electron chi connectivity index (χ1n) is 6.37. The first-order valence-corrected chi connectivity index (χ1v) is 8.47. The van der Waals surface area contributed by atoms with E-state index in [9.17, 15) is 0 Å². The Labute approximate surface area is 114 Å². The molecule has 2 nitrogen and oxygen atoms in total. The molecule has 0 spiro atoms. The van der Waals surface area contributed by atoms with Gasteiger partial charge in [0, 0.05) is 22.0 Å². The second kappa shape index (κ2) is 5.32. The molecule has 0 amide bonds. The van der Waals surface area contributed by atoms with Crippen molar-refractivity contribution in [2.45, 2.75) is 55.8 Å². The fourth-order valence-corrected chi connectivity index (χ4v) is 2.86. The molecule has 4 heteroatoms. The highest BCUT2D eigenvalue weighted by Gasteiger charge is 2.34. The lowest BCUT2D eigenvalue weighted by molar-refractivity contribution is -0.119. The second-order valence-corrected chi connectivity index (χ2v) is 8.90. The Morgan fingerprint density at radius 1 is 0.941 bits per heavy atom. The SMILES string of the molecule is CC(C)(COC(C)(C)CC1CS1)OCC1CS1. The molecule has 2 saturated heterocycles. The Bertz CT molecular complexity index is 258. The minimum atomic E-state index is -0.156. The molecular formula is C13H24O2S2. The van der Waals surface area contributed by atoms with Crippen LogP contribution >= 0.6 is 23.5 Å². The minimum Gasteiger partial charge on any atom is -0.373 e. The number of hydrogen-bond acceptors (Lipinski definition) is 4. The van der Waals surface area contributed by atoms with Crippen molar-refractivity contribution in [2.24, 2.45) is 0 Å². The molecule has 0 aliphatic carbocycles. The lowest BCUT2D eigenvalue weighted by atomic mass is 10.0. The summed E-state index contributed by atoms with van der Waals surface area (Å²) in [6.07, 6.45) is 1.16. The summed E-state index contributed by atoms with van der Waals surface area (Å²) in [7, 11) is 0. The number of ether oxygens (including phenoxy) is 2. The maximum absolute atomic E-state index is 6.05. The predicted molar refractivity (Wildman–Crippen MR) is 77.2 cm³/mol. The van der Waals surface area contributed by atoms with E-state index in [-0.39, 0.29) is 11.2 Å². The van der Waals surface area contributed by atoms with Gasteiger partial charge in [0.15, 0.2) is 0 Å². The van der Waals surface area contributed by atoms with E-state index in [1.165, 1.54) is 11.5 Å². The summed E-state index contributed by atoms with van der Waals surface area (Å²) in [5.74, 6) is 2.58. The maximum Gasteiger partial charge on any atom is 0.0859 e. The topological polar surface area (TPSA) is 18.5 Å². The average Bonchev–Trinajstić information content (AvgIpc) is 3.06. The summed E-state index contributed by atoms with van der Waals surface area (Å²) in [4.78, 5) is 0. The van der Waals surface area contributed by atoms with Gasteiger partial charge in [-0.15, -0.1) is 0 Å². The van der Waals surface area contributed by atoms with Gasteiger partial charge in [-0.2, -0.15) is 23.5 Å². The Kier molecular flexibility index (Phi) is 4.39. The predicted octanol–water partition coefficient (Wildman–Crippen LogP) is 3.20. The summed E-state index contributed by atoms with van der Waals surface area (Å²) in [6, 6.07) is 0. The van der Waals surface area contributed by atoms with E-state index in [0.29, 0.717) is 6.61 Å². The molecule has 0 aromatic rings. The van der Waals surface area contributed by atoms with Crippen molar-refractivity contribution in [3.63, 3.8) is 0 Å². The number of hydrogen-bond donors (Lipinski definition) is 0. The molecule has 0 radical (unpaired) electrons. The first-order chi connectivity index (χ1) is 7.86. The Morgan fingerprint density at radius 2 is 1.53 bits per heavy atom. The lowest BCUT2D eigenvalue weighted by Gasteiger charge is -2.32. The van der Waals surface area contributed by atoms with Gasteiger partial charge < -0.3 is 9.47 Å². The summed E-state index contributed by atoms with van der Waals surface area (Å²) < 4.78 is 12.0. The normalized spacial score (nSPS) is 28.2. The molecular weight excluding hydrogens is 252 g/mol. The lowest BCUT2D eigenvalue weighted by Crippen LogP contribution is -2.38. The van der Waals surface area contributed by atoms with Crippen molar-refractivity contribution in [1.82, 2.24) is 0 Å². The van der Waals surface area contributed by atoms with Gasteiger partial charge in [-0.3, -0.25) is 0 Å². The Hall–Kier alpha value is 0.620. The van der Waals surface area contributed by atoms with Crippen LogP contribution in [0.2, 0.25) is 0 Å². The molecule has 2 atom stereocenters. The molecule has 2 fully saturated rings. The third-order valence-electron chi connectivity index (χ3n) is 2.99. The molecule has 0 bridgehead atoms. The van der Waals surface area contributed by atoms with E-state index in [2.05, 4.69) is 27.7 Å². The van der Waals surface area contributed by atoms with E-state index in [0.717, 1.165) is 23.5 Å². The fraction of sp³-hybridized carbons (Fsp3) is 1.00. The van der Waals surface area contributed by atoms with Crippen molar-refractivity contribution in [1.29, 1.82) is 0 Å². The van der Waals surface area contributed by atoms with E-state index in [1.54, 1.807) is 0 Å². The molecule has 0 N–H and O–H groups in total. The van der Waals surface area contributed by atoms with E-state index >= 15 is 0 Å². The van der Waals surface area contributed by atoms with Crippen molar-refractivity contribution >= 4 is 23.5 Å². The minimum absolute atomic E-state index is 0.0108. The molecule has 17 heavy (non-hydrogen) atoms. The van der Waals surface area contributed by atoms with Gasteiger partial charge >= 0.3 is 0 Å². The number of thioether (sulfide) groups is 2. The molecule has 2 rings (SSSR count). The molecule has 2 aliphatic rings. The van der Waals surface area contributed by atoms with Crippen molar-refractivity contribution in [3.05, 3.63) is 0 Å². The molecule has 2 heterocycles. The monoisotopic (exact) mass is 276 g/mol. The molecule has 0 aromatic heterocycles. The van der Waals surface area contributed by atoms with Gasteiger partial charge in [0.05, 0.1) is 24.4 Å². The zero-order valence-corrected chi connectivity index (χ0v) is 13.0. The van der Waals surface area contributed by atoms with E-state index in [4.69, 9.17) is 9.47 Å². The molecule has 2 unspecified atom stereocenters. The Balaban J connectivity index is 1.66. The van der Waals surface area contributed by atoms with E-state index in [1.807, 2.05) is 23.5 Å². The number of rotatable bonds is 8. The summed E-state index contributed by atoms with van der Waals surface area (Å²) >= 11 is 4.02. The molecule has 100 valence electrons. The third kappa shape index (κ3) is 5.86. The van der Waals surface area contributed by atoms with Gasteiger partial charge in [0.25, 0.3) is 0 Å². The van der Waals surface area contributed by atoms with Crippen LogP contribution < -0.4 is 0 Å². The van der Waals surface area contributed by atoms with Crippen LogP contribution in [0.4, 0.5) is 0 Å². The van der Waals surface area contributed by atoms with Crippen LogP contribution in [0.25, 0.3) is 0 Å². The van der Waals surface area contributed by atoms with Crippen LogP contribution in [0.1, 0.15) is 34.1 Å². The van der Waals surface area contributed by atoms with Gasteiger partial charge in [0.2, 0.25) is 0 Å². The molecule has 0 saturated carbocycles. The van der Waals surface area contributed by atoms with Crippen LogP contribution in [0, 0.1) is 0 Å². The van der Waals surface area contributed by atoms with Crippen molar-refractivity contribution in [3.8, 4) is 0 Å². The van der Waals surface area contributed by atoms with Crippen LogP contribution in [0.15, 0.2) is 0 Å². The first kappa shape index (κ1) is 14.0.